The first-order chi connectivity index (χ1) is 7.08. The minimum atomic E-state index is -0.535. The fourth-order valence-electron chi connectivity index (χ4n) is 1.61. The van der Waals surface area contributed by atoms with E-state index in [-0.39, 0.29) is 12.3 Å². The van der Waals surface area contributed by atoms with Crippen molar-refractivity contribution in [3.8, 4) is 0 Å². The first kappa shape index (κ1) is 11.3. The fourth-order valence-corrected chi connectivity index (χ4v) is 2.59. The molecule has 1 heterocycles. The van der Waals surface area contributed by atoms with Crippen LogP contribution in [0, 0.1) is 3.57 Å². The highest BCUT2D eigenvalue weighted by atomic mass is 127. The van der Waals surface area contributed by atoms with Crippen LogP contribution in [0.5, 0.6) is 0 Å². The van der Waals surface area contributed by atoms with Crippen LogP contribution in [-0.2, 0) is 4.79 Å². The predicted octanol–water partition coefficient (Wildman–Crippen LogP) is 2.15. The van der Waals surface area contributed by atoms with E-state index in [0.717, 1.165) is 13.7 Å². The number of hydrogen-bond acceptors (Lipinski definition) is 2. The first-order valence-corrected chi connectivity index (χ1v) is 6.38. The molecule has 2 rings (SSSR count). The molecule has 1 saturated heterocycles. The summed E-state index contributed by atoms with van der Waals surface area (Å²) in [6.45, 7) is 0.394. The Morgan fingerprint density at radius 2 is 2.27 bits per heavy atom. The number of β-amino-alcohol motifs (C(OH)–C–C–N with tert-alkyl or cyclic N) is 1. The average Bonchev–Trinajstić information content (AvgIpc) is 2.50. The molecule has 1 aliphatic rings. The molecule has 1 unspecified atom stereocenters. The Labute approximate surface area is 110 Å². The van der Waals surface area contributed by atoms with Crippen molar-refractivity contribution in [3.05, 3.63) is 26.2 Å². The standard InChI is InChI=1S/C10H9BrINO2/c11-6-1-2-8(12)9(3-6)13-5-7(14)4-10(13)15/h1-3,7,14H,4-5H2. The van der Waals surface area contributed by atoms with Gasteiger partial charge in [-0.3, -0.25) is 4.79 Å². The monoisotopic (exact) mass is 381 g/mol. The summed E-state index contributed by atoms with van der Waals surface area (Å²) in [5.41, 5.74) is 0.867. The largest absolute Gasteiger partial charge is 0.391 e. The highest BCUT2D eigenvalue weighted by molar-refractivity contribution is 14.1. The van der Waals surface area contributed by atoms with Crippen molar-refractivity contribution in [2.24, 2.45) is 0 Å². The number of carbonyl (C=O) groups excluding carboxylic acids is 1. The quantitative estimate of drug-likeness (QED) is 0.757. The average molecular weight is 382 g/mol. The minimum absolute atomic E-state index is 0.0153. The van der Waals surface area contributed by atoms with Crippen molar-refractivity contribution >= 4 is 50.1 Å². The maximum atomic E-state index is 11.6. The SMILES string of the molecule is O=C1CC(O)CN1c1cc(Br)ccc1I. The van der Waals surface area contributed by atoms with Gasteiger partial charge >= 0.3 is 0 Å². The maximum absolute atomic E-state index is 11.6. The van der Waals surface area contributed by atoms with Gasteiger partial charge in [0.1, 0.15) is 0 Å². The van der Waals surface area contributed by atoms with E-state index in [1.807, 2.05) is 18.2 Å². The van der Waals surface area contributed by atoms with Crippen LogP contribution in [0.2, 0.25) is 0 Å². The van der Waals surface area contributed by atoms with Gasteiger partial charge in [0.2, 0.25) is 5.91 Å². The number of hydrogen-bond donors (Lipinski definition) is 1. The van der Waals surface area contributed by atoms with Crippen LogP contribution in [0.4, 0.5) is 5.69 Å². The van der Waals surface area contributed by atoms with Gasteiger partial charge in [-0.05, 0) is 40.8 Å². The molecule has 0 bridgehead atoms. The van der Waals surface area contributed by atoms with Crippen LogP contribution in [0.25, 0.3) is 0 Å². The number of carbonyl (C=O) groups is 1. The molecule has 80 valence electrons. The zero-order valence-corrected chi connectivity index (χ0v) is 11.5. The number of aliphatic hydroxyl groups excluding tert-OH is 1. The van der Waals surface area contributed by atoms with Crippen LogP contribution in [-0.4, -0.2) is 23.7 Å². The van der Waals surface area contributed by atoms with E-state index in [1.165, 1.54) is 0 Å². The van der Waals surface area contributed by atoms with E-state index in [4.69, 9.17) is 0 Å². The van der Waals surface area contributed by atoms with Gasteiger partial charge in [-0.15, -0.1) is 0 Å². The van der Waals surface area contributed by atoms with E-state index in [9.17, 15) is 9.90 Å². The molecule has 1 atom stereocenters. The third-order valence-corrected chi connectivity index (χ3v) is 3.71. The van der Waals surface area contributed by atoms with Crippen LogP contribution in [0.3, 0.4) is 0 Å². The molecule has 1 aromatic carbocycles. The summed E-state index contributed by atoms with van der Waals surface area (Å²) >= 11 is 5.56. The van der Waals surface area contributed by atoms with Crippen LogP contribution >= 0.6 is 38.5 Å². The second-order valence-electron chi connectivity index (χ2n) is 3.46. The fraction of sp³-hybridized carbons (Fsp3) is 0.300. The number of rotatable bonds is 1. The molecule has 1 N–H and O–H groups in total. The number of halogens is 2. The molecular weight excluding hydrogens is 373 g/mol. The van der Waals surface area contributed by atoms with E-state index in [2.05, 4.69) is 38.5 Å². The second-order valence-corrected chi connectivity index (χ2v) is 5.54. The zero-order valence-electron chi connectivity index (χ0n) is 7.78. The molecule has 0 spiro atoms. The molecule has 1 amide bonds. The zero-order chi connectivity index (χ0) is 11.0. The Hall–Kier alpha value is -0.140. The molecule has 1 aliphatic heterocycles. The molecule has 3 nitrogen and oxygen atoms in total. The third kappa shape index (κ3) is 2.34. The minimum Gasteiger partial charge on any atom is -0.391 e. The van der Waals surface area contributed by atoms with Gasteiger partial charge < -0.3 is 10.0 Å². The van der Waals surface area contributed by atoms with E-state index in [0.29, 0.717) is 6.54 Å². The van der Waals surface area contributed by atoms with Crippen LogP contribution < -0.4 is 4.90 Å². The van der Waals surface area contributed by atoms with Crippen molar-refractivity contribution in [2.75, 3.05) is 11.4 Å². The lowest BCUT2D eigenvalue weighted by atomic mass is 10.3. The van der Waals surface area contributed by atoms with Crippen molar-refractivity contribution in [1.82, 2.24) is 0 Å². The summed E-state index contributed by atoms with van der Waals surface area (Å²) in [5, 5.41) is 9.41. The third-order valence-electron chi connectivity index (χ3n) is 2.30. The summed E-state index contributed by atoms with van der Waals surface area (Å²) in [5.74, 6) is -0.0153. The summed E-state index contributed by atoms with van der Waals surface area (Å²) in [6, 6.07) is 5.78. The molecule has 5 heteroatoms. The first-order valence-electron chi connectivity index (χ1n) is 4.51. The van der Waals surface area contributed by atoms with E-state index >= 15 is 0 Å². The Morgan fingerprint density at radius 1 is 1.53 bits per heavy atom. The lowest BCUT2D eigenvalue weighted by Gasteiger charge is -2.17. The van der Waals surface area contributed by atoms with Crippen molar-refractivity contribution in [3.63, 3.8) is 0 Å². The topological polar surface area (TPSA) is 40.5 Å². The lowest BCUT2D eigenvalue weighted by Crippen LogP contribution is -2.26. The Balaban J connectivity index is 2.37. The van der Waals surface area contributed by atoms with Crippen molar-refractivity contribution < 1.29 is 9.90 Å². The maximum Gasteiger partial charge on any atom is 0.229 e. The van der Waals surface area contributed by atoms with Crippen molar-refractivity contribution in [1.29, 1.82) is 0 Å². The van der Waals surface area contributed by atoms with Crippen LogP contribution in [0.1, 0.15) is 6.42 Å². The van der Waals surface area contributed by atoms with Gasteiger partial charge in [-0.25, -0.2) is 0 Å². The molecular formula is C10H9BrINO2. The predicted molar refractivity (Wildman–Crippen MR) is 69.8 cm³/mol. The molecule has 0 saturated carbocycles. The summed E-state index contributed by atoms with van der Waals surface area (Å²) < 4.78 is 1.95. The molecule has 0 aromatic heterocycles. The van der Waals surface area contributed by atoms with E-state index < -0.39 is 6.10 Å². The molecule has 1 fully saturated rings. The lowest BCUT2D eigenvalue weighted by molar-refractivity contribution is -0.117. The second kappa shape index (κ2) is 4.39. The normalized spacial score (nSPS) is 21.1. The number of aliphatic hydroxyl groups is 1. The smallest absolute Gasteiger partial charge is 0.229 e. The molecule has 0 aliphatic carbocycles. The summed E-state index contributed by atoms with van der Waals surface area (Å²) in [4.78, 5) is 13.2. The van der Waals surface area contributed by atoms with Gasteiger partial charge in [0.25, 0.3) is 0 Å². The van der Waals surface area contributed by atoms with Gasteiger partial charge in [-0.2, -0.15) is 0 Å². The van der Waals surface area contributed by atoms with Gasteiger partial charge in [0.15, 0.2) is 0 Å². The van der Waals surface area contributed by atoms with E-state index in [1.54, 1.807) is 4.90 Å². The number of amides is 1. The molecule has 1 aromatic rings. The highest BCUT2D eigenvalue weighted by Crippen LogP contribution is 2.29. The van der Waals surface area contributed by atoms with Gasteiger partial charge in [0.05, 0.1) is 24.8 Å². The van der Waals surface area contributed by atoms with Gasteiger partial charge in [-0.1, -0.05) is 15.9 Å². The number of benzene rings is 1. The number of anilines is 1. The van der Waals surface area contributed by atoms with Gasteiger partial charge in [0, 0.05) is 8.04 Å². The summed E-state index contributed by atoms with van der Waals surface area (Å²) in [6.07, 6.45) is -0.310. The molecule has 15 heavy (non-hydrogen) atoms. The highest BCUT2D eigenvalue weighted by Gasteiger charge is 2.30. The molecule has 0 radical (unpaired) electrons. The summed E-state index contributed by atoms with van der Waals surface area (Å²) in [7, 11) is 0. The van der Waals surface area contributed by atoms with Crippen LogP contribution in [0.15, 0.2) is 22.7 Å². The Kier molecular flexibility index (Phi) is 3.32. The van der Waals surface area contributed by atoms with Crippen molar-refractivity contribution in [2.45, 2.75) is 12.5 Å². The Bertz CT molecular complexity index is 410. The Morgan fingerprint density at radius 3 is 2.87 bits per heavy atom. The number of nitrogens with zero attached hydrogens (tertiary/aromatic N) is 1.